The third-order valence-electron chi connectivity index (χ3n) is 5.94. The molecule has 0 spiro atoms. The number of nitrogens with zero attached hydrogens (tertiary/aromatic N) is 3. The summed E-state index contributed by atoms with van der Waals surface area (Å²) in [5.74, 6) is 0.933. The quantitative estimate of drug-likeness (QED) is 0.788. The Morgan fingerprint density at radius 2 is 1.83 bits per heavy atom. The Morgan fingerprint density at radius 1 is 1.07 bits per heavy atom. The van der Waals surface area contributed by atoms with Crippen LogP contribution in [0.1, 0.15) is 48.0 Å². The number of likely N-dealkylation sites (tertiary alicyclic amines) is 2. The average molecular weight is 413 g/mol. The van der Waals surface area contributed by atoms with Crippen LogP contribution in [0, 0.1) is 0 Å². The lowest BCUT2D eigenvalue weighted by Gasteiger charge is -2.33. The van der Waals surface area contributed by atoms with Gasteiger partial charge in [-0.05, 0) is 55.9 Å². The van der Waals surface area contributed by atoms with Gasteiger partial charge in [0.2, 0.25) is 0 Å². The third-order valence-corrected chi connectivity index (χ3v) is 6.31. The summed E-state index contributed by atoms with van der Waals surface area (Å²) in [5, 5.41) is 4.38. The lowest BCUT2D eigenvalue weighted by Crippen LogP contribution is -2.39. The zero-order chi connectivity index (χ0) is 20.1. The number of hydrogen-bond donors (Lipinski definition) is 1. The molecule has 0 bridgehead atoms. The molecule has 6 heteroatoms. The van der Waals surface area contributed by atoms with Gasteiger partial charge in [0.25, 0.3) is 5.91 Å². The number of aromatic nitrogens is 1. The van der Waals surface area contributed by atoms with Crippen molar-refractivity contribution in [2.24, 2.45) is 0 Å². The van der Waals surface area contributed by atoms with Crippen LogP contribution in [0.25, 0.3) is 0 Å². The van der Waals surface area contributed by atoms with Gasteiger partial charge >= 0.3 is 0 Å². The van der Waals surface area contributed by atoms with Crippen molar-refractivity contribution in [2.75, 3.05) is 31.5 Å². The fourth-order valence-electron chi connectivity index (χ4n) is 4.23. The standard InChI is InChI=1S/C23H29ClN4O/c24-21-7-3-2-6-19(21)17-27-14-9-20(10-15-27)26-22-16-18(8-11-25-22)23(29)28-12-4-1-5-13-28/h2-3,6-8,11,16,20H,1,4-5,9-10,12-15,17H2,(H,25,26). The minimum Gasteiger partial charge on any atom is -0.367 e. The molecule has 29 heavy (non-hydrogen) atoms. The van der Waals surface area contributed by atoms with Crippen LogP contribution in [0.2, 0.25) is 5.02 Å². The molecule has 0 saturated carbocycles. The maximum absolute atomic E-state index is 12.7. The molecule has 1 aromatic heterocycles. The van der Waals surface area contributed by atoms with Gasteiger partial charge in [-0.15, -0.1) is 0 Å². The van der Waals surface area contributed by atoms with Gasteiger partial charge in [0, 0.05) is 55.5 Å². The molecular weight excluding hydrogens is 384 g/mol. The number of nitrogens with one attached hydrogen (secondary N) is 1. The number of pyridine rings is 1. The predicted octanol–water partition coefficient (Wildman–Crippen LogP) is 4.44. The number of halogens is 1. The molecule has 3 heterocycles. The van der Waals surface area contributed by atoms with Gasteiger partial charge in [-0.1, -0.05) is 29.8 Å². The lowest BCUT2D eigenvalue weighted by molar-refractivity contribution is 0.0724. The minimum atomic E-state index is 0.129. The summed E-state index contributed by atoms with van der Waals surface area (Å²) < 4.78 is 0. The summed E-state index contributed by atoms with van der Waals surface area (Å²) in [7, 11) is 0. The molecule has 0 aliphatic carbocycles. The van der Waals surface area contributed by atoms with Gasteiger partial charge in [-0.25, -0.2) is 4.98 Å². The molecule has 0 atom stereocenters. The highest BCUT2D eigenvalue weighted by Gasteiger charge is 2.22. The van der Waals surface area contributed by atoms with Crippen LogP contribution in [0.3, 0.4) is 0 Å². The molecule has 1 amide bonds. The van der Waals surface area contributed by atoms with Gasteiger partial charge in [-0.2, -0.15) is 0 Å². The molecule has 2 aliphatic heterocycles. The number of benzene rings is 1. The van der Waals surface area contributed by atoms with Gasteiger partial charge in [-0.3, -0.25) is 9.69 Å². The minimum absolute atomic E-state index is 0.129. The molecule has 2 aromatic rings. The molecule has 154 valence electrons. The zero-order valence-corrected chi connectivity index (χ0v) is 17.6. The summed E-state index contributed by atoms with van der Waals surface area (Å²) in [5.41, 5.74) is 1.92. The summed E-state index contributed by atoms with van der Waals surface area (Å²) in [4.78, 5) is 21.6. The largest absolute Gasteiger partial charge is 0.367 e. The van der Waals surface area contributed by atoms with Crippen LogP contribution < -0.4 is 5.32 Å². The molecule has 0 unspecified atom stereocenters. The topological polar surface area (TPSA) is 48.5 Å². The smallest absolute Gasteiger partial charge is 0.254 e. The molecule has 2 saturated heterocycles. The van der Waals surface area contributed by atoms with Crippen LogP contribution in [-0.4, -0.2) is 52.9 Å². The number of carbonyl (C=O) groups excluding carboxylic acids is 1. The lowest BCUT2D eigenvalue weighted by atomic mass is 10.0. The van der Waals surface area contributed by atoms with Crippen LogP contribution in [0.5, 0.6) is 0 Å². The zero-order valence-electron chi connectivity index (χ0n) is 16.8. The number of rotatable bonds is 5. The Kier molecular flexibility index (Phi) is 6.67. The van der Waals surface area contributed by atoms with E-state index in [1.807, 2.05) is 35.2 Å². The average Bonchev–Trinajstić information content (AvgIpc) is 2.77. The van der Waals surface area contributed by atoms with E-state index in [0.29, 0.717) is 6.04 Å². The molecule has 1 aromatic carbocycles. The van der Waals surface area contributed by atoms with E-state index in [4.69, 9.17) is 11.6 Å². The van der Waals surface area contributed by atoms with Crippen molar-refractivity contribution < 1.29 is 4.79 Å². The van der Waals surface area contributed by atoms with Crippen LogP contribution in [0.15, 0.2) is 42.6 Å². The van der Waals surface area contributed by atoms with Gasteiger partial charge in [0.15, 0.2) is 0 Å². The Balaban J connectivity index is 1.30. The first-order valence-corrected chi connectivity index (χ1v) is 11.0. The monoisotopic (exact) mass is 412 g/mol. The van der Waals surface area contributed by atoms with Crippen LogP contribution in [-0.2, 0) is 6.54 Å². The van der Waals surface area contributed by atoms with Gasteiger partial charge < -0.3 is 10.2 Å². The second-order valence-corrected chi connectivity index (χ2v) is 8.48. The molecule has 2 aliphatic rings. The highest BCUT2D eigenvalue weighted by molar-refractivity contribution is 6.31. The van der Waals surface area contributed by atoms with E-state index >= 15 is 0 Å². The Bertz CT molecular complexity index is 829. The number of piperidine rings is 2. The van der Waals surface area contributed by atoms with Crippen molar-refractivity contribution in [3.8, 4) is 0 Å². The van der Waals surface area contributed by atoms with E-state index in [0.717, 1.165) is 74.8 Å². The van der Waals surface area contributed by atoms with Crippen molar-refractivity contribution >= 4 is 23.3 Å². The Hall–Kier alpha value is -2.11. The van der Waals surface area contributed by atoms with E-state index in [2.05, 4.69) is 21.3 Å². The van der Waals surface area contributed by atoms with E-state index in [1.165, 1.54) is 12.0 Å². The highest BCUT2D eigenvalue weighted by Crippen LogP contribution is 2.22. The SMILES string of the molecule is O=C(c1ccnc(NC2CCN(Cc3ccccc3Cl)CC2)c1)N1CCCCC1. The second kappa shape index (κ2) is 9.59. The number of anilines is 1. The Morgan fingerprint density at radius 3 is 2.59 bits per heavy atom. The number of carbonyl (C=O) groups is 1. The predicted molar refractivity (Wildman–Crippen MR) is 117 cm³/mol. The van der Waals surface area contributed by atoms with Crippen molar-refractivity contribution in [3.63, 3.8) is 0 Å². The summed E-state index contributed by atoms with van der Waals surface area (Å²) >= 11 is 6.30. The van der Waals surface area contributed by atoms with Gasteiger partial charge in [0.05, 0.1) is 0 Å². The number of amides is 1. The first-order valence-electron chi connectivity index (χ1n) is 10.7. The normalized spacial score (nSPS) is 18.6. The summed E-state index contributed by atoms with van der Waals surface area (Å²) in [6, 6.07) is 12.2. The number of hydrogen-bond acceptors (Lipinski definition) is 4. The van der Waals surface area contributed by atoms with E-state index < -0.39 is 0 Å². The Labute approximate surface area is 178 Å². The molecule has 4 rings (SSSR count). The second-order valence-electron chi connectivity index (χ2n) is 8.07. The van der Waals surface area contributed by atoms with Crippen molar-refractivity contribution in [2.45, 2.75) is 44.7 Å². The molecule has 5 nitrogen and oxygen atoms in total. The van der Waals surface area contributed by atoms with E-state index in [9.17, 15) is 4.79 Å². The van der Waals surface area contributed by atoms with Crippen molar-refractivity contribution in [3.05, 3.63) is 58.7 Å². The fraction of sp³-hybridized carbons (Fsp3) is 0.478. The maximum Gasteiger partial charge on any atom is 0.254 e. The van der Waals surface area contributed by atoms with Gasteiger partial charge in [0.1, 0.15) is 5.82 Å². The van der Waals surface area contributed by atoms with Crippen molar-refractivity contribution in [1.29, 1.82) is 0 Å². The molecule has 2 fully saturated rings. The van der Waals surface area contributed by atoms with E-state index in [-0.39, 0.29) is 5.91 Å². The summed E-state index contributed by atoms with van der Waals surface area (Å²) in [6.45, 7) is 4.68. The molecule has 0 radical (unpaired) electrons. The van der Waals surface area contributed by atoms with Crippen LogP contribution >= 0.6 is 11.6 Å². The van der Waals surface area contributed by atoms with E-state index in [1.54, 1.807) is 6.20 Å². The highest BCUT2D eigenvalue weighted by atomic mass is 35.5. The summed E-state index contributed by atoms with van der Waals surface area (Å²) in [6.07, 6.45) is 7.28. The van der Waals surface area contributed by atoms with Crippen LogP contribution in [0.4, 0.5) is 5.82 Å². The fourth-order valence-corrected chi connectivity index (χ4v) is 4.43. The van der Waals surface area contributed by atoms with Crippen molar-refractivity contribution in [1.82, 2.24) is 14.8 Å². The first-order chi connectivity index (χ1) is 14.2. The molecule has 1 N–H and O–H groups in total. The maximum atomic E-state index is 12.7. The molecular formula is C23H29ClN4O. The third kappa shape index (κ3) is 5.28. The first kappa shape index (κ1) is 20.2.